The Kier molecular flexibility index (Phi) is 8.03. The zero-order valence-electron chi connectivity index (χ0n) is 19.9. The van der Waals surface area contributed by atoms with Crippen molar-refractivity contribution in [1.82, 2.24) is 10.6 Å². The van der Waals surface area contributed by atoms with Gasteiger partial charge in [-0.1, -0.05) is 38.3 Å². The zero-order chi connectivity index (χ0) is 24.6. The van der Waals surface area contributed by atoms with Gasteiger partial charge in [-0.2, -0.15) is 0 Å². The molecule has 1 fully saturated rings. The molecule has 1 aliphatic carbocycles. The molecular formula is C27H31N3O5. The van der Waals surface area contributed by atoms with Crippen LogP contribution in [0, 0.1) is 0 Å². The predicted octanol–water partition coefficient (Wildman–Crippen LogP) is 4.39. The summed E-state index contributed by atoms with van der Waals surface area (Å²) >= 11 is 0. The number of nitrogens with zero attached hydrogens (tertiary/aromatic N) is 1. The monoisotopic (exact) mass is 477 g/mol. The van der Waals surface area contributed by atoms with Gasteiger partial charge in [0, 0.05) is 11.7 Å². The van der Waals surface area contributed by atoms with E-state index in [2.05, 4.69) is 10.6 Å². The predicted molar refractivity (Wildman–Crippen MR) is 131 cm³/mol. The van der Waals surface area contributed by atoms with Crippen LogP contribution in [-0.4, -0.2) is 30.3 Å². The molecule has 0 aliphatic heterocycles. The molecule has 2 heterocycles. The van der Waals surface area contributed by atoms with E-state index in [1.165, 1.54) is 23.5 Å². The van der Waals surface area contributed by atoms with Crippen molar-refractivity contribution in [2.75, 3.05) is 11.4 Å². The quantitative estimate of drug-likeness (QED) is 0.476. The van der Waals surface area contributed by atoms with Crippen LogP contribution < -0.4 is 15.5 Å². The fraction of sp³-hybridized carbons (Fsp3) is 0.370. The van der Waals surface area contributed by atoms with Crippen molar-refractivity contribution < 1.29 is 23.2 Å². The minimum atomic E-state index is -1.02. The van der Waals surface area contributed by atoms with Crippen molar-refractivity contribution in [2.45, 2.75) is 57.5 Å². The van der Waals surface area contributed by atoms with Crippen LogP contribution in [0.5, 0.6) is 0 Å². The molecule has 8 heteroatoms. The van der Waals surface area contributed by atoms with E-state index in [4.69, 9.17) is 8.83 Å². The first-order chi connectivity index (χ1) is 17.1. The molecule has 4 rings (SSSR count). The third-order valence-electron chi connectivity index (χ3n) is 6.31. The standard InChI is InChI=1S/C27H31N3O5/c1-2-19-12-14-21(15-13-19)30(24(31)18-28-26(32)23-11-7-17-35-23)25(22-10-6-16-34-22)27(33)29-20-8-4-3-5-9-20/h6-7,10-17,20,25H,2-5,8-9,18H2,1H3,(H,28,32)(H,29,33)/t25-/m1/s1. The van der Waals surface area contributed by atoms with E-state index in [0.717, 1.165) is 44.1 Å². The van der Waals surface area contributed by atoms with Gasteiger partial charge in [0.05, 0.1) is 19.1 Å². The van der Waals surface area contributed by atoms with E-state index in [9.17, 15) is 14.4 Å². The van der Waals surface area contributed by atoms with Crippen LogP contribution in [0.15, 0.2) is 69.9 Å². The van der Waals surface area contributed by atoms with E-state index in [0.29, 0.717) is 11.4 Å². The Labute approximate surface area is 204 Å². The maximum Gasteiger partial charge on any atom is 0.287 e. The molecule has 0 radical (unpaired) electrons. The molecule has 0 unspecified atom stereocenters. The lowest BCUT2D eigenvalue weighted by atomic mass is 9.95. The number of hydrogen-bond donors (Lipinski definition) is 2. The van der Waals surface area contributed by atoms with Crippen molar-refractivity contribution in [3.63, 3.8) is 0 Å². The average molecular weight is 478 g/mol. The van der Waals surface area contributed by atoms with Gasteiger partial charge < -0.3 is 19.5 Å². The number of carbonyl (C=O) groups is 3. The largest absolute Gasteiger partial charge is 0.467 e. The number of benzene rings is 1. The van der Waals surface area contributed by atoms with Gasteiger partial charge in [-0.05, 0) is 61.2 Å². The number of aryl methyl sites for hydroxylation is 1. The SMILES string of the molecule is CCc1ccc(N(C(=O)CNC(=O)c2ccco2)[C@@H](C(=O)NC2CCCCC2)c2ccco2)cc1. The lowest BCUT2D eigenvalue weighted by molar-refractivity contribution is -0.127. The Morgan fingerprint density at radius 2 is 1.69 bits per heavy atom. The summed E-state index contributed by atoms with van der Waals surface area (Å²) in [5.74, 6) is -0.810. The topological polar surface area (TPSA) is 105 Å². The molecule has 1 aromatic carbocycles. The lowest BCUT2D eigenvalue weighted by Crippen LogP contribution is -2.49. The van der Waals surface area contributed by atoms with Crippen LogP contribution in [0.1, 0.15) is 66.9 Å². The first-order valence-corrected chi connectivity index (χ1v) is 12.1. The highest BCUT2D eigenvalue weighted by Crippen LogP contribution is 2.30. The first-order valence-electron chi connectivity index (χ1n) is 12.1. The summed E-state index contributed by atoms with van der Waals surface area (Å²) in [5, 5.41) is 5.72. The third kappa shape index (κ3) is 6.01. The van der Waals surface area contributed by atoms with Gasteiger partial charge >= 0.3 is 0 Å². The second-order valence-electron chi connectivity index (χ2n) is 8.71. The second-order valence-corrected chi connectivity index (χ2v) is 8.71. The number of amides is 3. The summed E-state index contributed by atoms with van der Waals surface area (Å²) in [5.41, 5.74) is 1.65. The highest BCUT2D eigenvalue weighted by Gasteiger charge is 2.36. The smallest absolute Gasteiger partial charge is 0.287 e. The Hall–Kier alpha value is -3.81. The van der Waals surface area contributed by atoms with Gasteiger partial charge in [0.1, 0.15) is 5.76 Å². The Morgan fingerprint density at radius 1 is 0.971 bits per heavy atom. The maximum absolute atomic E-state index is 13.6. The lowest BCUT2D eigenvalue weighted by Gasteiger charge is -2.32. The summed E-state index contributed by atoms with van der Waals surface area (Å²) in [6.45, 7) is 1.73. The molecule has 3 aromatic rings. The molecule has 1 atom stereocenters. The summed E-state index contributed by atoms with van der Waals surface area (Å²) in [6.07, 6.45) is 8.84. The number of furan rings is 2. The Morgan fingerprint density at radius 3 is 2.31 bits per heavy atom. The highest BCUT2D eigenvalue weighted by molar-refractivity contribution is 6.04. The fourth-order valence-electron chi connectivity index (χ4n) is 4.41. The molecule has 35 heavy (non-hydrogen) atoms. The average Bonchev–Trinajstić information content (AvgIpc) is 3.61. The maximum atomic E-state index is 13.6. The molecular weight excluding hydrogens is 446 g/mol. The van der Waals surface area contributed by atoms with Crippen LogP contribution in [0.3, 0.4) is 0 Å². The minimum absolute atomic E-state index is 0.0618. The summed E-state index contributed by atoms with van der Waals surface area (Å²) in [4.78, 5) is 41.0. The van der Waals surface area contributed by atoms with Crippen LogP contribution in [0.4, 0.5) is 5.69 Å². The second kappa shape index (κ2) is 11.6. The highest BCUT2D eigenvalue weighted by atomic mass is 16.3. The molecule has 2 aromatic heterocycles. The number of carbonyl (C=O) groups excluding carboxylic acids is 3. The van der Waals surface area contributed by atoms with E-state index in [-0.39, 0.29) is 24.3 Å². The van der Waals surface area contributed by atoms with Crippen LogP contribution >= 0.6 is 0 Å². The van der Waals surface area contributed by atoms with Crippen LogP contribution in [0.2, 0.25) is 0 Å². The van der Waals surface area contributed by atoms with Gasteiger partial charge in [0.25, 0.3) is 11.8 Å². The zero-order valence-corrected chi connectivity index (χ0v) is 19.9. The molecule has 2 N–H and O–H groups in total. The fourth-order valence-corrected chi connectivity index (χ4v) is 4.41. The van der Waals surface area contributed by atoms with Crippen LogP contribution in [-0.2, 0) is 16.0 Å². The minimum Gasteiger partial charge on any atom is -0.467 e. The number of nitrogens with one attached hydrogen (secondary N) is 2. The molecule has 0 bridgehead atoms. The van der Waals surface area contributed by atoms with E-state index in [1.54, 1.807) is 18.2 Å². The van der Waals surface area contributed by atoms with Crippen molar-refractivity contribution in [3.05, 3.63) is 78.1 Å². The summed E-state index contributed by atoms with van der Waals surface area (Å²) < 4.78 is 10.7. The molecule has 0 saturated heterocycles. The number of anilines is 1. The first kappa shape index (κ1) is 24.3. The van der Waals surface area contributed by atoms with Gasteiger partial charge in [0.15, 0.2) is 11.8 Å². The third-order valence-corrected chi connectivity index (χ3v) is 6.31. The Balaban J connectivity index is 1.63. The summed E-state index contributed by atoms with van der Waals surface area (Å²) in [6, 6.07) is 13.0. The van der Waals surface area contributed by atoms with Crippen molar-refractivity contribution in [3.8, 4) is 0 Å². The van der Waals surface area contributed by atoms with Crippen molar-refractivity contribution >= 4 is 23.4 Å². The van der Waals surface area contributed by atoms with Gasteiger partial charge in [-0.25, -0.2) is 0 Å². The Bertz CT molecular complexity index is 1100. The van der Waals surface area contributed by atoms with E-state index >= 15 is 0 Å². The normalized spacial score (nSPS) is 14.8. The van der Waals surface area contributed by atoms with Crippen LogP contribution in [0.25, 0.3) is 0 Å². The van der Waals surface area contributed by atoms with E-state index in [1.807, 2.05) is 31.2 Å². The van der Waals surface area contributed by atoms with Crippen molar-refractivity contribution in [2.24, 2.45) is 0 Å². The van der Waals surface area contributed by atoms with Crippen molar-refractivity contribution in [1.29, 1.82) is 0 Å². The number of hydrogen-bond acceptors (Lipinski definition) is 5. The van der Waals surface area contributed by atoms with E-state index < -0.39 is 17.9 Å². The molecule has 184 valence electrons. The molecule has 8 nitrogen and oxygen atoms in total. The van der Waals surface area contributed by atoms with Gasteiger partial charge in [0.2, 0.25) is 5.91 Å². The van der Waals surface area contributed by atoms with Gasteiger partial charge in [-0.15, -0.1) is 0 Å². The summed E-state index contributed by atoms with van der Waals surface area (Å²) in [7, 11) is 0. The molecule has 1 aliphatic rings. The van der Waals surface area contributed by atoms with Gasteiger partial charge in [-0.3, -0.25) is 19.3 Å². The molecule has 0 spiro atoms. The molecule has 3 amide bonds. The number of rotatable bonds is 9. The molecule has 1 saturated carbocycles.